The number of nitrogens with one attached hydrogen (secondary N) is 1. The van der Waals surface area contributed by atoms with Crippen molar-refractivity contribution in [2.45, 2.75) is 40.2 Å². The van der Waals surface area contributed by atoms with Crippen LogP contribution >= 0.6 is 0 Å². The highest BCUT2D eigenvalue weighted by Gasteiger charge is 2.28. The minimum Gasteiger partial charge on any atom is -0.398 e. The second-order valence-electron chi connectivity index (χ2n) is 6.64. The van der Waals surface area contributed by atoms with Crippen LogP contribution in [0.1, 0.15) is 32.8 Å². The van der Waals surface area contributed by atoms with Crippen molar-refractivity contribution in [3.05, 3.63) is 23.8 Å². The lowest BCUT2D eigenvalue weighted by Crippen LogP contribution is -2.48. The number of hydrogen-bond acceptors (Lipinski definition) is 3. The Labute approximate surface area is 127 Å². The van der Waals surface area contributed by atoms with Crippen molar-refractivity contribution < 1.29 is 4.79 Å². The summed E-state index contributed by atoms with van der Waals surface area (Å²) < 4.78 is 0. The van der Waals surface area contributed by atoms with Gasteiger partial charge in [0.1, 0.15) is 0 Å². The summed E-state index contributed by atoms with van der Waals surface area (Å²) in [6, 6.07) is 5.54. The van der Waals surface area contributed by atoms with Crippen molar-refractivity contribution in [2.75, 3.05) is 24.1 Å². The summed E-state index contributed by atoms with van der Waals surface area (Å²) in [7, 11) is 0. The van der Waals surface area contributed by atoms with Gasteiger partial charge in [0.25, 0.3) is 0 Å². The molecule has 4 heteroatoms. The Hall–Kier alpha value is -1.55. The fourth-order valence-corrected chi connectivity index (χ4v) is 3.16. The summed E-state index contributed by atoms with van der Waals surface area (Å²) >= 11 is 0. The number of aryl methyl sites for hydroxylation is 1. The third kappa shape index (κ3) is 3.97. The lowest BCUT2D eigenvalue weighted by Gasteiger charge is -2.38. The number of anilines is 2. The number of piperidine rings is 1. The largest absolute Gasteiger partial charge is 0.398 e. The van der Waals surface area contributed by atoms with Crippen LogP contribution in [0.2, 0.25) is 0 Å². The third-order valence-corrected chi connectivity index (χ3v) is 4.37. The molecular formula is C17H27N3O. The molecule has 2 rings (SSSR count). The van der Waals surface area contributed by atoms with E-state index in [0.29, 0.717) is 17.5 Å². The first-order valence-electron chi connectivity index (χ1n) is 7.78. The number of nitrogen functional groups attached to an aromatic ring is 1. The zero-order chi connectivity index (χ0) is 15.6. The van der Waals surface area contributed by atoms with Crippen LogP contribution in [0.3, 0.4) is 0 Å². The maximum atomic E-state index is 12.4. The Balaban J connectivity index is 2.00. The summed E-state index contributed by atoms with van der Waals surface area (Å²) in [4.78, 5) is 14.7. The molecule has 1 saturated heterocycles. The molecule has 21 heavy (non-hydrogen) atoms. The molecule has 0 saturated carbocycles. The first kappa shape index (κ1) is 15.8. The van der Waals surface area contributed by atoms with E-state index < -0.39 is 0 Å². The van der Waals surface area contributed by atoms with Crippen LogP contribution in [0.4, 0.5) is 11.4 Å². The normalized spacial score (nSPS) is 24.6. The molecule has 1 aromatic rings. The molecule has 116 valence electrons. The lowest BCUT2D eigenvalue weighted by molar-refractivity contribution is -0.121. The second kappa shape index (κ2) is 6.48. The SMILES string of the molecule is Cc1ccc(NC(=O)C(C)N2CC(C)CC(C)C2)cc1N. The van der Waals surface area contributed by atoms with Crippen LogP contribution in [0, 0.1) is 18.8 Å². The number of nitrogens with zero attached hydrogens (tertiary/aromatic N) is 1. The van der Waals surface area contributed by atoms with Gasteiger partial charge in [-0.05, 0) is 49.8 Å². The summed E-state index contributed by atoms with van der Waals surface area (Å²) in [5, 5.41) is 2.98. The fourth-order valence-electron chi connectivity index (χ4n) is 3.16. The lowest BCUT2D eigenvalue weighted by atomic mass is 9.91. The Morgan fingerprint density at radius 1 is 1.33 bits per heavy atom. The van der Waals surface area contributed by atoms with Gasteiger partial charge in [-0.2, -0.15) is 0 Å². The molecule has 4 nitrogen and oxygen atoms in total. The van der Waals surface area contributed by atoms with Crippen molar-refractivity contribution in [1.82, 2.24) is 4.90 Å². The van der Waals surface area contributed by atoms with Crippen LogP contribution in [-0.4, -0.2) is 29.9 Å². The molecule has 1 heterocycles. The van der Waals surface area contributed by atoms with Gasteiger partial charge in [-0.3, -0.25) is 9.69 Å². The molecule has 0 radical (unpaired) electrons. The van der Waals surface area contributed by atoms with E-state index in [1.165, 1.54) is 6.42 Å². The number of carbonyl (C=O) groups excluding carboxylic acids is 1. The van der Waals surface area contributed by atoms with Gasteiger partial charge in [-0.1, -0.05) is 19.9 Å². The van der Waals surface area contributed by atoms with Crippen molar-refractivity contribution in [3.63, 3.8) is 0 Å². The Kier molecular flexibility index (Phi) is 4.88. The Morgan fingerprint density at radius 2 is 1.95 bits per heavy atom. The fraction of sp³-hybridized carbons (Fsp3) is 0.588. The van der Waals surface area contributed by atoms with Crippen LogP contribution in [0.5, 0.6) is 0 Å². The predicted octanol–water partition coefficient (Wildman–Crippen LogP) is 2.88. The molecule has 3 unspecified atom stereocenters. The number of rotatable bonds is 3. The molecule has 0 aromatic heterocycles. The average Bonchev–Trinajstić information content (AvgIpc) is 2.41. The molecule has 0 bridgehead atoms. The molecule has 1 aliphatic rings. The smallest absolute Gasteiger partial charge is 0.241 e. The zero-order valence-electron chi connectivity index (χ0n) is 13.5. The Morgan fingerprint density at radius 3 is 2.52 bits per heavy atom. The number of hydrogen-bond donors (Lipinski definition) is 2. The van der Waals surface area contributed by atoms with Gasteiger partial charge in [-0.25, -0.2) is 0 Å². The summed E-state index contributed by atoms with van der Waals surface area (Å²) in [6.07, 6.45) is 1.25. The predicted molar refractivity (Wildman–Crippen MR) is 88.2 cm³/mol. The number of amides is 1. The maximum Gasteiger partial charge on any atom is 0.241 e. The van der Waals surface area contributed by atoms with Crippen molar-refractivity contribution >= 4 is 17.3 Å². The number of likely N-dealkylation sites (tertiary alicyclic amines) is 1. The maximum absolute atomic E-state index is 12.4. The van der Waals surface area contributed by atoms with E-state index >= 15 is 0 Å². The van der Waals surface area contributed by atoms with E-state index in [4.69, 9.17) is 5.73 Å². The molecule has 1 aromatic carbocycles. The van der Waals surface area contributed by atoms with Gasteiger partial charge in [0.05, 0.1) is 6.04 Å². The number of carbonyl (C=O) groups is 1. The highest BCUT2D eigenvalue weighted by atomic mass is 16.2. The second-order valence-corrected chi connectivity index (χ2v) is 6.64. The monoisotopic (exact) mass is 289 g/mol. The quantitative estimate of drug-likeness (QED) is 0.841. The van der Waals surface area contributed by atoms with Crippen LogP contribution < -0.4 is 11.1 Å². The van der Waals surface area contributed by atoms with Crippen molar-refractivity contribution in [2.24, 2.45) is 11.8 Å². The molecule has 0 aliphatic carbocycles. The van der Waals surface area contributed by atoms with Crippen molar-refractivity contribution in [1.29, 1.82) is 0 Å². The minimum absolute atomic E-state index is 0.0413. The molecule has 3 N–H and O–H groups in total. The number of benzene rings is 1. The van der Waals surface area contributed by atoms with E-state index in [0.717, 1.165) is 24.3 Å². The van der Waals surface area contributed by atoms with Gasteiger partial charge in [0.2, 0.25) is 5.91 Å². The van der Waals surface area contributed by atoms with Gasteiger partial charge < -0.3 is 11.1 Å². The highest BCUT2D eigenvalue weighted by molar-refractivity contribution is 5.95. The molecule has 3 atom stereocenters. The van der Waals surface area contributed by atoms with Gasteiger partial charge in [-0.15, -0.1) is 0 Å². The summed E-state index contributed by atoms with van der Waals surface area (Å²) in [6.45, 7) is 10.4. The first-order chi connectivity index (χ1) is 9.86. The molecule has 1 aliphatic heterocycles. The summed E-state index contributed by atoms with van der Waals surface area (Å²) in [5.74, 6) is 1.34. The summed E-state index contributed by atoms with van der Waals surface area (Å²) in [5.41, 5.74) is 8.40. The molecule has 0 spiro atoms. The minimum atomic E-state index is -0.113. The van der Waals surface area contributed by atoms with E-state index in [1.54, 1.807) is 0 Å². The highest BCUT2D eigenvalue weighted by Crippen LogP contribution is 2.23. The zero-order valence-corrected chi connectivity index (χ0v) is 13.5. The molecule has 1 amide bonds. The van der Waals surface area contributed by atoms with E-state index in [9.17, 15) is 4.79 Å². The third-order valence-electron chi connectivity index (χ3n) is 4.37. The average molecular weight is 289 g/mol. The van der Waals surface area contributed by atoms with Crippen LogP contribution in [0.25, 0.3) is 0 Å². The Bertz CT molecular complexity index is 505. The van der Waals surface area contributed by atoms with E-state index in [1.807, 2.05) is 32.0 Å². The van der Waals surface area contributed by atoms with E-state index in [2.05, 4.69) is 24.1 Å². The van der Waals surface area contributed by atoms with Crippen LogP contribution in [-0.2, 0) is 4.79 Å². The first-order valence-corrected chi connectivity index (χ1v) is 7.78. The van der Waals surface area contributed by atoms with Gasteiger partial charge >= 0.3 is 0 Å². The van der Waals surface area contributed by atoms with E-state index in [-0.39, 0.29) is 11.9 Å². The standard InChI is InChI=1S/C17H27N3O/c1-11-7-12(2)10-20(9-11)14(4)17(21)19-15-6-5-13(3)16(18)8-15/h5-6,8,11-12,14H,7,9-10,18H2,1-4H3,(H,19,21). The van der Waals surface area contributed by atoms with Gasteiger partial charge in [0.15, 0.2) is 0 Å². The van der Waals surface area contributed by atoms with Gasteiger partial charge in [0, 0.05) is 24.5 Å². The molecular weight excluding hydrogens is 262 g/mol. The van der Waals surface area contributed by atoms with Crippen LogP contribution in [0.15, 0.2) is 18.2 Å². The van der Waals surface area contributed by atoms with Crippen molar-refractivity contribution in [3.8, 4) is 0 Å². The number of nitrogens with two attached hydrogens (primary N) is 1. The molecule has 1 fully saturated rings. The topological polar surface area (TPSA) is 58.4 Å².